The average molecular weight is 1530 g/mol. The molecule has 612 valence electrons. The minimum Gasteiger partial charge on any atom is -0.464 e. The number of aliphatic hydroxyl groups excluding tert-OH is 9. The number of amides is 2. The number of ether oxygens (including phenoxy) is 16. The van der Waals surface area contributed by atoms with Crippen LogP contribution in [0.3, 0.4) is 0 Å². The number of rotatable bonds is 64. The fraction of sp³-hybridized carbons (Fsp3) is 0.925. The molecule has 104 heavy (non-hydrogen) atoms. The number of Topliss-reactive ketones (excluding diaryl/α,β-unsaturated/α-hetero) is 2. The van der Waals surface area contributed by atoms with Crippen LogP contribution in [-0.4, -0.2) is 345 Å². The summed E-state index contributed by atoms with van der Waals surface area (Å²) < 4.78 is 110. The second-order valence-electron chi connectivity index (χ2n) is 25.2. The van der Waals surface area contributed by atoms with Crippen LogP contribution in [0.1, 0.15) is 112 Å². The minimum absolute atomic E-state index is 0. The van der Waals surface area contributed by atoms with Gasteiger partial charge in [-0.05, 0) is 38.5 Å². The molecule has 0 spiro atoms. The van der Waals surface area contributed by atoms with Crippen molar-refractivity contribution in [2.24, 2.45) is 23.7 Å². The lowest BCUT2D eigenvalue weighted by Crippen LogP contribution is -2.55. The highest BCUT2D eigenvalue weighted by Crippen LogP contribution is 2.42. The second kappa shape index (κ2) is 58.8. The maximum absolute atomic E-state index is 14.2. The van der Waals surface area contributed by atoms with E-state index >= 15 is 0 Å². The highest BCUT2D eigenvalue weighted by molar-refractivity contribution is 7.47. The van der Waals surface area contributed by atoms with Gasteiger partial charge in [-0.15, -0.1) is 0 Å². The zero-order chi connectivity index (χ0) is 75.6. The van der Waals surface area contributed by atoms with E-state index in [0.717, 1.165) is 7.11 Å². The summed E-state index contributed by atoms with van der Waals surface area (Å²) in [6.45, 7) is 5.85. The molecule has 0 bridgehead atoms. The van der Waals surface area contributed by atoms with Crippen molar-refractivity contribution < 1.29 is 164 Å². The van der Waals surface area contributed by atoms with Gasteiger partial charge in [0.2, 0.25) is 11.8 Å². The quantitative estimate of drug-likeness (QED) is 0.0193. The molecule has 3 aliphatic heterocycles. The summed E-state index contributed by atoms with van der Waals surface area (Å²) in [7, 11) is -3.01. The Balaban J connectivity index is 0.0000367. The number of unbranched alkanes of at least 4 members (excludes halogenated alkanes) is 6. The van der Waals surface area contributed by atoms with Crippen molar-refractivity contribution in [3.05, 3.63) is 0 Å². The molecule has 0 aromatic carbocycles. The van der Waals surface area contributed by atoms with Crippen molar-refractivity contribution in [1.82, 2.24) is 10.6 Å². The zero-order valence-electron chi connectivity index (χ0n) is 60.3. The average Bonchev–Trinajstić information content (AvgIpc) is 0.835. The number of hydrogen-bond acceptors (Lipinski definition) is 33. The van der Waals surface area contributed by atoms with Gasteiger partial charge in [-0.25, -0.2) is 9.36 Å². The summed E-state index contributed by atoms with van der Waals surface area (Å²) in [6, 6.07) is -1.13. The lowest BCUT2D eigenvalue weighted by atomic mass is 9.92. The molecular formula is C67H125N2O34P. The Kier molecular flexibility index (Phi) is 54.8. The van der Waals surface area contributed by atoms with Crippen LogP contribution in [0.15, 0.2) is 0 Å². The Labute approximate surface area is 610 Å². The molecule has 3 rings (SSSR count). The van der Waals surface area contributed by atoms with E-state index in [-0.39, 0.29) is 204 Å². The molecular weight excluding hydrogens is 1410 g/mol. The fourth-order valence-electron chi connectivity index (χ4n) is 10.7. The molecule has 3 aliphatic rings. The molecule has 37 heteroatoms. The van der Waals surface area contributed by atoms with Gasteiger partial charge in [0.05, 0.1) is 170 Å². The largest absolute Gasteiger partial charge is 0.471 e. The lowest BCUT2D eigenvalue weighted by molar-refractivity contribution is -0.284. The third-order valence-electron chi connectivity index (χ3n) is 17.0. The van der Waals surface area contributed by atoms with Crippen molar-refractivity contribution in [2.45, 2.75) is 192 Å². The summed E-state index contributed by atoms with van der Waals surface area (Å²) >= 11 is 0. The number of phosphoric ester groups is 1. The summed E-state index contributed by atoms with van der Waals surface area (Å²) in [5.74, 6) is -4.89. The number of esters is 1. The Bertz CT molecular complexity index is 2270. The van der Waals surface area contributed by atoms with Gasteiger partial charge in [-0.2, -0.15) is 0 Å². The van der Waals surface area contributed by atoms with Gasteiger partial charge in [0.1, 0.15) is 62.5 Å². The highest BCUT2D eigenvalue weighted by atomic mass is 31.2. The molecule has 0 aromatic rings. The van der Waals surface area contributed by atoms with E-state index in [9.17, 15) is 79.4 Å². The molecule has 2 amide bonds. The van der Waals surface area contributed by atoms with Crippen LogP contribution in [0, 0.1) is 23.7 Å². The summed E-state index contributed by atoms with van der Waals surface area (Å²) in [6.07, 6.45) is -7.73. The number of hydrogen-bond donors (Lipinski definition) is 12. The normalized spacial score (nSPS) is 26.1. The first kappa shape index (κ1) is 97.0. The molecule has 12 N–H and O–H groups in total. The van der Waals surface area contributed by atoms with E-state index in [1.165, 1.54) is 0 Å². The Morgan fingerprint density at radius 1 is 0.442 bits per heavy atom. The van der Waals surface area contributed by atoms with E-state index in [1.54, 1.807) is 20.8 Å². The standard InChI is InChI=1S/C66H121N2O34P.CH4/c1-45-56(75)59(78)52(39-69)100-64(45)96-35-32-89-23-20-86-26-29-92-42-49(72)15-9-8-10-16-51(63(82)95-18-11-6-5-7-12-19-99-103(83,84)85-4)68-62(81)48(38-50(73)43-93-30-27-87-21-24-90-33-36-97-65-46(2)57(76)60(79)53(40-70)101-65)14-13-17-67-55(74)44-94-31-28-88-22-25-91-34-37-98-66-47(3)58(77)61(80)54(41-71)102-66;/h45-48,51-54,56-61,64-66,69-71,75-80H,5-44H2,1-4H3,(H,67,74)(H,68,81)(H,83,84);1H4. The van der Waals surface area contributed by atoms with E-state index in [0.29, 0.717) is 51.4 Å². The zero-order valence-corrected chi connectivity index (χ0v) is 61.2. The second-order valence-corrected chi connectivity index (χ2v) is 26.8. The number of aliphatic hydroxyl groups is 9. The van der Waals surface area contributed by atoms with Crippen LogP contribution in [0.5, 0.6) is 0 Å². The SMILES string of the molecule is C.COP(=O)(O)OCCCCCCCOC(=O)C(CCCCCC(=O)COCCOCCOCCOC1OC(CO)C(O)C(O)C1C)NC(=O)C(CCCNC(=O)COCCOCCOCCOC1OC(CO)C(O)C(O)C1C)CC(=O)COCCOCCOCCOC1OC(CO)C(O)C(O)C1C. The number of carbonyl (C=O) groups excluding carboxylic acids is 5. The first-order valence-corrected chi connectivity index (χ1v) is 37.3. The maximum Gasteiger partial charge on any atom is 0.471 e. The predicted octanol–water partition coefficient (Wildman–Crippen LogP) is -1.22. The van der Waals surface area contributed by atoms with Gasteiger partial charge in [0, 0.05) is 50.2 Å². The van der Waals surface area contributed by atoms with Gasteiger partial charge in [-0.3, -0.25) is 28.2 Å². The van der Waals surface area contributed by atoms with E-state index in [4.69, 9.17) is 80.3 Å². The van der Waals surface area contributed by atoms with Crippen LogP contribution in [0.25, 0.3) is 0 Å². The van der Waals surface area contributed by atoms with Crippen molar-refractivity contribution in [3.8, 4) is 0 Å². The van der Waals surface area contributed by atoms with Gasteiger partial charge in [0.15, 0.2) is 30.4 Å². The van der Waals surface area contributed by atoms with Crippen LogP contribution in [0.2, 0.25) is 0 Å². The van der Waals surface area contributed by atoms with E-state index in [2.05, 4.69) is 15.2 Å². The molecule has 3 heterocycles. The number of phosphoric acid groups is 1. The Morgan fingerprint density at radius 3 is 1.24 bits per heavy atom. The van der Waals surface area contributed by atoms with E-state index < -0.39 is 155 Å². The van der Waals surface area contributed by atoms with Crippen molar-refractivity contribution >= 4 is 37.2 Å². The van der Waals surface area contributed by atoms with Crippen molar-refractivity contribution in [3.63, 3.8) is 0 Å². The Hall–Kier alpha value is -3.10. The van der Waals surface area contributed by atoms with Crippen molar-refractivity contribution in [2.75, 3.05) is 185 Å². The maximum atomic E-state index is 14.2. The van der Waals surface area contributed by atoms with Crippen LogP contribution in [0.4, 0.5) is 0 Å². The molecule has 0 saturated carbocycles. The summed E-state index contributed by atoms with van der Waals surface area (Å²) in [5.41, 5.74) is 0. The van der Waals surface area contributed by atoms with Crippen LogP contribution < -0.4 is 10.6 Å². The molecule has 18 atom stereocenters. The highest BCUT2D eigenvalue weighted by Gasteiger charge is 2.45. The molecule has 3 saturated heterocycles. The number of carbonyl (C=O) groups is 5. The van der Waals surface area contributed by atoms with Gasteiger partial charge in [-0.1, -0.05) is 60.3 Å². The van der Waals surface area contributed by atoms with Crippen LogP contribution in [-0.2, 0) is 113 Å². The Morgan fingerprint density at radius 2 is 0.817 bits per heavy atom. The fourth-order valence-corrected chi connectivity index (χ4v) is 11.2. The minimum atomic E-state index is -4.08. The first-order valence-electron chi connectivity index (χ1n) is 35.8. The predicted molar refractivity (Wildman–Crippen MR) is 365 cm³/mol. The smallest absolute Gasteiger partial charge is 0.464 e. The first-order chi connectivity index (χ1) is 49.6. The molecule has 0 aromatic heterocycles. The van der Waals surface area contributed by atoms with Crippen molar-refractivity contribution in [1.29, 1.82) is 0 Å². The molecule has 18 unspecified atom stereocenters. The van der Waals surface area contributed by atoms with Gasteiger partial charge < -0.3 is 137 Å². The monoisotopic (exact) mass is 1530 g/mol. The summed E-state index contributed by atoms with van der Waals surface area (Å²) in [4.78, 5) is 76.4. The van der Waals surface area contributed by atoms with Gasteiger partial charge in [0.25, 0.3) is 0 Å². The third-order valence-corrected chi connectivity index (χ3v) is 18.0. The third kappa shape index (κ3) is 41.1. The van der Waals surface area contributed by atoms with Crippen LogP contribution >= 0.6 is 7.82 Å². The lowest BCUT2D eigenvalue weighted by Gasteiger charge is -2.40. The molecule has 0 aliphatic carbocycles. The topological polar surface area (TPSA) is 495 Å². The molecule has 0 radical (unpaired) electrons. The molecule has 3 fully saturated rings. The van der Waals surface area contributed by atoms with Gasteiger partial charge >= 0.3 is 13.8 Å². The van der Waals surface area contributed by atoms with E-state index in [1.807, 2.05) is 0 Å². The molecule has 36 nitrogen and oxygen atoms in total. The number of ketones is 2. The summed E-state index contributed by atoms with van der Waals surface area (Å²) in [5, 5.41) is 94.6. The number of nitrogens with one attached hydrogen (secondary N) is 2.